The number of nitrogens with one attached hydrogen (secondary N) is 2. The number of aryl methyl sites for hydroxylation is 1. The molecule has 130 valence electrons. The number of anilines is 3. The summed E-state index contributed by atoms with van der Waals surface area (Å²) < 4.78 is 0. The fourth-order valence-electron chi connectivity index (χ4n) is 2.29. The van der Waals surface area contributed by atoms with Gasteiger partial charge in [-0.2, -0.15) is 0 Å². The van der Waals surface area contributed by atoms with E-state index in [2.05, 4.69) is 20.8 Å². The molecule has 0 radical (unpaired) electrons. The van der Waals surface area contributed by atoms with E-state index in [1.807, 2.05) is 31.2 Å². The van der Waals surface area contributed by atoms with Crippen molar-refractivity contribution in [3.05, 3.63) is 77.5 Å². The standard InChI is InChI=1S/C20H18N4O2/c1-13-3-7-16(8-4-13)21-19-12-11-18(23-24-19)20(26)22-17-9-5-15(6-10-17)14(2)25/h3-12H,1-2H3,(H,21,24)(H,22,26). The van der Waals surface area contributed by atoms with Crippen LogP contribution in [-0.2, 0) is 0 Å². The third-order valence-corrected chi connectivity index (χ3v) is 3.77. The van der Waals surface area contributed by atoms with Gasteiger partial charge in [-0.3, -0.25) is 9.59 Å². The maximum absolute atomic E-state index is 12.2. The zero-order valence-corrected chi connectivity index (χ0v) is 14.5. The van der Waals surface area contributed by atoms with Crippen molar-refractivity contribution in [3.63, 3.8) is 0 Å². The predicted octanol–water partition coefficient (Wildman–Crippen LogP) is 3.98. The van der Waals surface area contributed by atoms with Crippen molar-refractivity contribution in [1.82, 2.24) is 10.2 Å². The first kappa shape index (κ1) is 17.3. The number of hydrogen-bond acceptors (Lipinski definition) is 5. The minimum absolute atomic E-state index is 0.0228. The first-order chi connectivity index (χ1) is 12.5. The number of Topliss-reactive ketones (excluding diaryl/α,β-unsaturated/α-hetero) is 1. The highest BCUT2D eigenvalue weighted by Gasteiger charge is 2.09. The van der Waals surface area contributed by atoms with E-state index in [9.17, 15) is 9.59 Å². The Morgan fingerprint density at radius 3 is 2.04 bits per heavy atom. The molecule has 1 aromatic heterocycles. The number of carbonyl (C=O) groups is 2. The first-order valence-corrected chi connectivity index (χ1v) is 8.11. The normalized spacial score (nSPS) is 10.2. The van der Waals surface area contributed by atoms with Crippen molar-refractivity contribution >= 4 is 28.9 Å². The Morgan fingerprint density at radius 1 is 0.808 bits per heavy atom. The number of carbonyl (C=O) groups excluding carboxylic acids is 2. The second-order valence-electron chi connectivity index (χ2n) is 5.88. The van der Waals surface area contributed by atoms with Crippen LogP contribution >= 0.6 is 0 Å². The van der Waals surface area contributed by atoms with Crippen molar-refractivity contribution < 1.29 is 9.59 Å². The molecular weight excluding hydrogens is 328 g/mol. The molecule has 6 heteroatoms. The summed E-state index contributed by atoms with van der Waals surface area (Å²) in [5.41, 5.74) is 3.45. The lowest BCUT2D eigenvalue weighted by Gasteiger charge is -2.07. The van der Waals surface area contributed by atoms with Crippen molar-refractivity contribution in [1.29, 1.82) is 0 Å². The van der Waals surface area contributed by atoms with Crippen LogP contribution in [0.3, 0.4) is 0 Å². The molecule has 0 atom stereocenters. The van der Waals surface area contributed by atoms with Crippen LogP contribution in [0.25, 0.3) is 0 Å². The monoisotopic (exact) mass is 346 g/mol. The van der Waals surface area contributed by atoms with E-state index < -0.39 is 0 Å². The second kappa shape index (κ2) is 7.57. The second-order valence-corrected chi connectivity index (χ2v) is 5.88. The number of benzene rings is 2. The molecule has 3 rings (SSSR count). The highest BCUT2D eigenvalue weighted by atomic mass is 16.2. The zero-order chi connectivity index (χ0) is 18.5. The van der Waals surface area contributed by atoms with Gasteiger partial charge in [0.2, 0.25) is 0 Å². The van der Waals surface area contributed by atoms with Crippen LogP contribution in [0, 0.1) is 6.92 Å². The minimum Gasteiger partial charge on any atom is -0.339 e. The summed E-state index contributed by atoms with van der Waals surface area (Å²) in [4.78, 5) is 23.5. The Kier molecular flexibility index (Phi) is 5.03. The average Bonchev–Trinajstić information content (AvgIpc) is 2.64. The van der Waals surface area contributed by atoms with Crippen LogP contribution in [0.2, 0.25) is 0 Å². The largest absolute Gasteiger partial charge is 0.339 e. The van der Waals surface area contributed by atoms with Crippen LogP contribution in [0.4, 0.5) is 17.2 Å². The minimum atomic E-state index is -0.366. The molecular formula is C20H18N4O2. The van der Waals surface area contributed by atoms with Crippen LogP contribution in [0.1, 0.15) is 33.3 Å². The van der Waals surface area contributed by atoms with Crippen molar-refractivity contribution in [3.8, 4) is 0 Å². The van der Waals surface area contributed by atoms with Gasteiger partial charge in [0.15, 0.2) is 17.3 Å². The lowest BCUT2D eigenvalue weighted by molar-refractivity contribution is 0.101. The summed E-state index contributed by atoms with van der Waals surface area (Å²) in [7, 11) is 0. The van der Waals surface area contributed by atoms with Gasteiger partial charge in [0, 0.05) is 16.9 Å². The molecule has 1 amide bonds. The molecule has 0 aliphatic rings. The smallest absolute Gasteiger partial charge is 0.276 e. The SMILES string of the molecule is CC(=O)c1ccc(NC(=O)c2ccc(Nc3ccc(C)cc3)nn2)cc1. The highest BCUT2D eigenvalue weighted by molar-refractivity contribution is 6.03. The van der Waals surface area contributed by atoms with Gasteiger partial charge in [-0.05, 0) is 62.4 Å². The van der Waals surface area contributed by atoms with Gasteiger partial charge in [0.05, 0.1) is 0 Å². The summed E-state index contributed by atoms with van der Waals surface area (Å²) in [5.74, 6) is 0.164. The van der Waals surface area contributed by atoms with Crippen LogP contribution in [0.5, 0.6) is 0 Å². The molecule has 0 bridgehead atoms. The van der Waals surface area contributed by atoms with Crippen molar-refractivity contribution in [2.75, 3.05) is 10.6 Å². The fourth-order valence-corrected chi connectivity index (χ4v) is 2.29. The molecule has 2 N–H and O–H groups in total. The van der Waals surface area contributed by atoms with Gasteiger partial charge in [-0.25, -0.2) is 0 Å². The van der Waals surface area contributed by atoms with Gasteiger partial charge in [-0.1, -0.05) is 17.7 Å². The van der Waals surface area contributed by atoms with Gasteiger partial charge in [-0.15, -0.1) is 10.2 Å². The summed E-state index contributed by atoms with van der Waals surface area (Å²) >= 11 is 0. The number of rotatable bonds is 5. The van der Waals surface area contributed by atoms with Crippen molar-refractivity contribution in [2.45, 2.75) is 13.8 Å². The molecule has 2 aromatic carbocycles. The van der Waals surface area contributed by atoms with Gasteiger partial charge in [0.1, 0.15) is 0 Å². The topological polar surface area (TPSA) is 84.0 Å². The summed E-state index contributed by atoms with van der Waals surface area (Å²) in [6.07, 6.45) is 0. The molecule has 6 nitrogen and oxygen atoms in total. The lowest BCUT2D eigenvalue weighted by Crippen LogP contribution is -2.14. The molecule has 3 aromatic rings. The molecule has 1 heterocycles. The Hall–Kier alpha value is -3.54. The Labute approximate surface area is 151 Å². The van der Waals surface area contributed by atoms with E-state index in [0.29, 0.717) is 17.1 Å². The van der Waals surface area contributed by atoms with Gasteiger partial charge < -0.3 is 10.6 Å². The number of aromatic nitrogens is 2. The molecule has 0 saturated carbocycles. The fraction of sp³-hybridized carbons (Fsp3) is 0.100. The van der Waals surface area contributed by atoms with Crippen LogP contribution < -0.4 is 10.6 Å². The third kappa shape index (κ3) is 4.30. The molecule has 0 saturated heterocycles. The van der Waals surface area contributed by atoms with E-state index in [1.54, 1.807) is 36.4 Å². The maximum Gasteiger partial charge on any atom is 0.276 e. The Bertz CT molecular complexity index is 918. The van der Waals surface area contributed by atoms with E-state index >= 15 is 0 Å². The Balaban J connectivity index is 1.64. The number of amides is 1. The first-order valence-electron chi connectivity index (χ1n) is 8.11. The predicted molar refractivity (Wildman–Crippen MR) is 101 cm³/mol. The van der Waals surface area contributed by atoms with E-state index in [-0.39, 0.29) is 17.4 Å². The summed E-state index contributed by atoms with van der Waals surface area (Å²) in [6.45, 7) is 3.51. The summed E-state index contributed by atoms with van der Waals surface area (Å²) in [6, 6.07) is 17.9. The third-order valence-electron chi connectivity index (χ3n) is 3.77. The molecule has 0 aliphatic carbocycles. The quantitative estimate of drug-likeness (QED) is 0.683. The molecule has 0 spiro atoms. The summed E-state index contributed by atoms with van der Waals surface area (Å²) in [5, 5.41) is 13.8. The van der Waals surface area contributed by atoms with Crippen LogP contribution in [-0.4, -0.2) is 21.9 Å². The molecule has 0 unspecified atom stereocenters. The lowest BCUT2D eigenvalue weighted by atomic mass is 10.1. The van der Waals surface area contributed by atoms with E-state index in [0.717, 1.165) is 5.69 Å². The van der Waals surface area contributed by atoms with Gasteiger partial charge in [0.25, 0.3) is 5.91 Å². The molecule has 26 heavy (non-hydrogen) atoms. The zero-order valence-electron chi connectivity index (χ0n) is 14.5. The highest BCUT2D eigenvalue weighted by Crippen LogP contribution is 2.15. The van der Waals surface area contributed by atoms with Crippen LogP contribution in [0.15, 0.2) is 60.7 Å². The number of ketones is 1. The van der Waals surface area contributed by atoms with Crippen molar-refractivity contribution in [2.24, 2.45) is 0 Å². The average molecular weight is 346 g/mol. The van der Waals surface area contributed by atoms with E-state index in [1.165, 1.54) is 12.5 Å². The van der Waals surface area contributed by atoms with E-state index in [4.69, 9.17) is 0 Å². The number of nitrogens with zero attached hydrogens (tertiary/aromatic N) is 2. The van der Waals surface area contributed by atoms with Gasteiger partial charge >= 0.3 is 0 Å². The number of hydrogen-bond donors (Lipinski definition) is 2. The Morgan fingerprint density at radius 2 is 1.46 bits per heavy atom. The molecule has 0 fully saturated rings. The maximum atomic E-state index is 12.2. The molecule has 0 aliphatic heterocycles.